The van der Waals surface area contributed by atoms with Crippen LogP contribution in [0.1, 0.15) is 49.3 Å². The molecule has 3 aromatic rings. The highest BCUT2D eigenvalue weighted by Gasteiger charge is 2.35. The van der Waals surface area contributed by atoms with Crippen LogP contribution >= 0.6 is 0 Å². The quantitative estimate of drug-likeness (QED) is 0.520. The summed E-state index contributed by atoms with van der Waals surface area (Å²) in [7, 11) is 1.56. The molecule has 2 aromatic carbocycles. The van der Waals surface area contributed by atoms with Crippen molar-refractivity contribution in [1.29, 1.82) is 0 Å². The van der Waals surface area contributed by atoms with E-state index >= 15 is 0 Å². The number of ether oxygens (including phenoxy) is 2. The topological polar surface area (TPSA) is 82.3 Å². The number of nitrogens with two attached hydrogens (primary N) is 1. The molecule has 170 valence electrons. The zero-order valence-electron chi connectivity index (χ0n) is 18.5. The first-order chi connectivity index (χ1) is 14.9. The monoisotopic (exact) mass is 446 g/mol. The summed E-state index contributed by atoms with van der Waals surface area (Å²) >= 11 is 0. The van der Waals surface area contributed by atoms with E-state index in [0.717, 1.165) is 23.2 Å². The van der Waals surface area contributed by atoms with Gasteiger partial charge in [0.25, 0.3) is 0 Å². The number of aryl methyl sites for hydroxylation is 1. The van der Waals surface area contributed by atoms with Gasteiger partial charge in [0.15, 0.2) is 11.5 Å². The van der Waals surface area contributed by atoms with Crippen molar-refractivity contribution in [2.24, 2.45) is 0 Å². The summed E-state index contributed by atoms with van der Waals surface area (Å²) in [6.07, 6.45) is -3.84. The van der Waals surface area contributed by atoms with Crippen molar-refractivity contribution in [3.63, 3.8) is 0 Å². The number of hydrogen-bond acceptors (Lipinski definition) is 6. The number of alkyl halides is 3. The Kier molecular flexibility index (Phi) is 5.10. The van der Waals surface area contributed by atoms with Crippen LogP contribution in [0.25, 0.3) is 10.9 Å². The van der Waals surface area contributed by atoms with Gasteiger partial charge in [-0.25, -0.2) is 9.97 Å². The molecule has 4 rings (SSSR count). The first-order valence-corrected chi connectivity index (χ1v) is 10.2. The lowest BCUT2D eigenvalue weighted by atomic mass is 9.98. The third kappa shape index (κ3) is 3.99. The fraction of sp³-hybridized carbons (Fsp3) is 0.391. The van der Waals surface area contributed by atoms with E-state index in [1.807, 2.05) is 13.8 Å². The highest BCUT2D eigenvalue weighted by Crippen LogP contribution is 2.46. The van der Waals surface area contributed by atoms with Gasteiger partial charge in [-0.2, -0.15) is 13.2 Å². The maximum Gasteiger partial charge on any atom is 0.416 e. The Hall–Kier alpha value is -3.23. The summed E-state index contributed by atoms with van der Waals surface area (Å²) in [6.45, 7) is 7.52. The lowest BCUT2D eigenvalue weighted by Crippen LogP contribution is -2.24. The molecule has 0 spiro atoms. The second kappa shape index (κ2) is 7.43. The standard InChI is InChI=1S/C23H25F3N4O2/c1-11(13-6-14(23(24,25)26)8-15(27)7-13)28-21-16-9-18(31-5)20-17(10-22(3,4)32-20)19(16)29-12(2)30-21/h6-9,11H,10,27H2,1-5H3,(H,28,29,30)/t11-/m1/s1. The molecular formula is C23H25F3N4O2. The van der Waals surface area contributed by atoms with Crippen LogP contribution in [0, 0.1) is 6.92 Å². The van der Waals surface area contributed by atoms with Crippen LogP contribution < -0.4 is 20.5 Å². The highest BCUT2D eigenvalue weighted by atomic mass is 19.4. The molecule has 6 nitrogen and oxygen atoms in total. The summed E-state index contributed by atoms with van der Waals surface area (Å²) in [5.41, 5.74) is 6.66. The summed E-state index contributed by atoms with van der Waals surface area (Å²) in [5, 5.41) is 3.95. The predicted molar refractivity (Wildman–Crippen MR) is 117 cm³/mol. The van der Waals surface area contributed by atoms with Crippen molar-refractivity contribution in [2.45, 2.75) is 51.9 Å². The SMILES string of the molecule is COc1cc2c(N[C@H](C)c3cc(N)cc(C(F)(F)F)c3)nc(C)nc2c2c1OC(C)(C)C2. The van der Waals surface area contributed by atoms with Gasteiger partial charge in [0.1, 0.15) is 17.2 Å². The smallest absolute Gasteiger partial charge is 0.416 e. The number of fused-ring (bicyclic) bond motifs is 3. The number of nitrogen functional groups attached to an aromatic ring is 1. The van der Waals surface area contributed by atoms with Crippen molar-refractivity contribution in [1.82, 2.24) is 9.97 Å². The van der Waals surface area contributed by atoms with Crippen LogP contribution in [0.2, 0.25) is 0 Å². The molecule has 0 bridgehead atoms. The number of halogens is 3. The predicted octanol–water partition coefficient (Wildman–Crippen LogP) is 5.43. The molecule has 9 heteroatoms. The van der Waals surface area contributed by atoms with Crippen molar-refractivity contribution >= 4 is 22.4 Å². The average Bonchev–Trinajstić information content (AvgIpc) is 3.01. The lowest BCUT2D eigenvalue weighted by molar-refractivity contribution is -0.137. The van der Waals surface area contributed by atoms with Gasteiger partial charge in [0.2, 0.25) is 0 Å². The van der Waals surface area contributed by atoms with Crippen LogP contribution in [0.15, 0.2) is 24.3 Å². The van der Waals surface area contributed by atoms with Gasteiger partial charge in [-0.05, 0) is 57.5 Å². The molecule has 1 aliphatic rings. The maximum absolute atomic E-state index is 13.3. The molecule has 32 heavy (non-hydrogen) atoms. The van der Waals surface area contributed by atoms with E-state index in [1.54, 1.807) is 27.0 Å². The summed E-state index contributed by atoms with van der Waals surface area (Å²) in [6, 6.07) is 4.85. The Morgan fingerprint density at radius 1 is 1.19 bits per heavy atom. The number of benzene rings is 2. The van der Waals surface area contributed by atoms with Gasteiger partial charge in [0.05, 0.1) is 24.2 Å². The molecule has 0 saturated carbocycles. The number of methoxy groups -OCH3 is 1. The number of hydrogen-bond donors (Lipinski definition) is 2. The third-order valence-corrected chi connectivity index (χ3v) is 5.48. The van der Waals surface area contributed by atoms with E-state index in [4.69, 9.17) is 15.2 Å². The van der Waals surface area contributed by atoms with Crippen LogP contribution in [0.4, 0.5) is 24.7 Å². The zero-order valence-corrected chi connectivity index (χ0v) is 18.5. The fourth-order valence-electron chi connectivity index (χ4n) is 4.06. The molecule has 0 saturated heterocycles. The first-order valence-electron chi connectivity index (χ1n) is 10.2. The average molecular weight is 446 g/mol. The Morgan fingerprint density at radius 3 is 2.56 bits per heavy atom. The van der Waals surface area contributed by atoms with Crippen molar-refractivity contribution in [2.75, 3.05) is 18.2 Å². The molecule has 1 aliphatic heterocycles. The Labute approximate surface area is 184 Å². The lowest BCUT2D eigenvalue weighted by Gasteiger charge is -2.20. The molecule has 1 atom stereocenters. The van der Waals surface area contributed by atoms with Crippen LogP contribution in [-0.2, 0) is 12.6 Å². The Bertz CT molecular complexity index is 1210. The minimum Gasteiger partial charge on any atom is -0.493 e. The van der Waals surface area contributed by atoms with Gasteiger partial charge in [-0.3, -0.25) is 0 Å². The second-order valence-electron chi connectivity index (χ2n) is 8.69. The second-order valence-corrected chi connectivity index (χ2v) is 8.69. The number of nitrogens with one attached hydrogen (secondary N) is 1. The number of anilines is 2. The molecule has 0 fully saturated rings. The zero-order chi connectivity index (χ0) is 23.4. The number of rotatable bonds is 4. The third-order valence-electron chi connectivity index (χ3n) is 5.48. The van der Waals surface area contributed by atoms with Gasteiger partial charge in [0, 0.05) is 23.1 Å². The van der Waals surface area contributed by atoms with Crippen molar-refractivity contribution in [3.05, 3.63) is 46.8 Å². The molecule has 3 N–H and O–H groups in total. The van der Waals surface area contributed by atoms with Gasteiger partial charge < -0.3 is 20.5 Å². The van der Waals surface area contributed by atoms with E-state index in [-0.39, 0.29) is 5.69 Å². The van der Waals surface area contributed by atoms with Crippen LogP contribution in [-0.4, -0.2) is 22.7 Å². The van der Waals surface area contributed by atoms with Crippen LogP contribution in [0.5, 0.6) is 11.5 Å². The van der Waals surface area contributed by atoms with E-state index in [1.165, 1.54) is 6.07 Å². The molecule has 0 amide bonds. The summed E-state index contributed by atoms with van der Waals surface area (Å²) in [4.78, 5) is 9.16. The fourth-order valence-corrected chi connectivity index (χ4v) is 4.06. The molecule has 1 aromatic heterocycles. The van der Waals surface area contributed by atoms with Crippen LogP contribution in [0.3, 0.4) is 0 Å². The normalized spacial score (nSPS) is 15.9. The number of nitrogens with zero attached hydrogens (tertiary/aromatic N) is 2. The first kappa shape index (κ1) is 22.0. The van der Waals surface area contributed by atoms with Gasteiger partial charge in [-0.1, -0.05) is 0 Å². The minimum absolute atomic E-state index is 0.0473. The maximum atomic E-state index is 13.3. The largest absolute Gasteiger partial charge is 0.493 e. The molecular weight excluding hydrogens is 421 g/mol. The molecule has 2 heterocycles. The van der Waals surface area contributed by atoms with E-state index < -0.39 is 23.4 Å². The molecule has 0 radical (unpaired) electrons. The minimum atomic E-state index is -4.48. The highest BCUT2D eigenvalue weighted by molar-refractivity contribution is 5.95. The van der Waals surface area contributed by atoms with Crippen molar-refractivity contribution < 1.29 is 22.6 Å². The van der Waals surface area contributed by atoms with Crippen molar-refractivity contribution in [3.8, 4) is 11.5 Å². The van der Waals surface area contributed by atoms with E-state index in [2.05, 4.69) is 15.3 Å². The van der Waals surface area contributed by atoms with Gasteiger partial charge >= 0.3 is 6.18 Å². The Balaban J connectivity index is 1.80. The Morgan fingerprint density at radius 2 is 1.91 bits per heavy atom. The summed E-state index contributed by atoms with van der Waals surface area (Å²) < 4.78 is 51.4. The number of aromatic nitrogens is 2. The van der Waals surface area contributed by atoms with E-state index in [0.29, 0.717) is 40.5 Å². The molecule has 0 aliphatic carbocycles. The summed E-state index contributed by atoms with van der Waals surface area (Å²) in [5.74, 6) is 2.26. The van der Waals surface area contributed by atoms with E-state index in [9.17, 15) is 13.2 Å². The molecule has 0 unspecified atom stereocenters. The van der Waals surface area contributed by atoms with Gasteiger partial charge in [-0.15, -0.1) is 0 Å².